The lowest BCUT2D eigenvalue weighted by atomic mass is 9.82. The molecule has 1 amide bonds. The van der Waals surface area contributed by atoms with Crippen LogP contribution >= 0.6 is 0 Å². The summed E-state index contributed by atoms with van der Waals surface area (Å²) in [5.41, 5.74) is 6.24. The summed E-state index contributed by atoms with van der Waals surface area (Å²) in [7, 11) is 0. The van der Waals surface area contributed by atoms with Crippen LogP contribution in [0, 0.1) is 6.92 Å². The van der Waals surface area contributed by atoms with Gasteiger partial charge in [-0.05, 0) is 61.4 Å². The lowest BCUT2D eigenvalue weighted by Gasteiger charge is -2.23. The summed E-state index contributed by atoms with van der Waals surface area (Å²) in [5, 5.41) is 3.09. The third-order valence-electron chi connectivity index (χ3n) is 6.05. The van der Waals surface area contributed by atoms with Crippen LogP contribution in [0.5, 0.6) is 0 Å². The van der Waals surface area contributed by atoms with E-state index in [0.29, 0.717) is 11.5 Å². The summed E-state index contributed by atoms with van der Waals surface area (Å²) in [5.74, 6) is 0.465. The minimum atomic E-state index is -0.202. The molecule has 1 saturated carbocycles. The Morgan fingerprint density at radius 3 is 2.47 bits per heavy atom. The van der Waals surface area contributed by atoms with Crippen LogP contribution in [0.4, 0.5) is 0 Å². The number of nitrogens with zero attached hydrogens (tertiary/aromatic N) is 2. The van der Waals surface area contributed by atoms with Crippen molar-refractivity contribution >= 4 is 5.91 Å². The Kier molecular flexibility index (Phi) is 6.22. The number of aryl methyl sites for hydroxylation is 1. The summed E-state index contributed by atoms with van der Waals surface area (Å²) in [4.78, 5) is 21.6. The molecule has 0 radical (unpaired) electrons. The van der Waals surface area contributed by atoms with Crippen molar-refractivity contribution in [2.75, 3.05) is 0 Å². The van der Waals surface area contributed by atoms with Crippen LogP contribution in [0.2, 0.25) is 0 Å². The zero-order valence-corrected chi connectivity index (χ0v) is 17.8. The van der Waals surface area contributed by atoms with Gasteiger partial charge in [0.15, 0.2) is 0 Å². The Balaban J connectivity index is 1.66. The second-order valence-electron chi connectivity index (χ2n) is 8.37. The van der Waals surface area contributed by atoms with Gasteiger partial charge in [0.05, 0.1) is 17.9 Å². The minimum Gasteiger partial charge on any atom is -0.344 e. The zero-order chi connectivity index (χ0) is 20.9. The second-order valence-corrected chi connectivity index (χ2v) is 8.37. The van der Waals surface area contributed by atoms with E-state index in [1.165, 1.54) is 43.2 Å². The lowest BCUT2D eigenvalue weighted by Crippen LogP contribution is -2.27. The summed E-state index contributed by atoms with van der Waals surface area (Å²) in [6.07, 6.45) is 11.2. The van der Waals surface area contributed by atoms with Crippen LogP contribution in [-0.4, -0.2) is 15.9 Å². The fourth-order valence-electron chi connectivity index (χ4n) is 4.26. The third kappa shape index (κ3) is 4.76. The molecular formula is C26H29N3O. The molecule has 0 saturated heterocycles. The molecule has 30 heavy (non-hydrogen) atoms. The number of aromatic nitrogens is 2. The molecule has 0 bridgehead atoms. The van der Waals surface area contributed by atoms with Gasteiger partial charge in [-0.2, -0.15) is 0 Å². The van der Waals surface area contributed by atoms with Gasteiger partial charge in [0, 0.05) is 18.0 Å². The fraction of sp³-hybridized carbons (Fsp3) is 0.346. The number of hydrogen-bond acceptors (Lipinski definition) is 3. The second kappa shape index (κ2) is 9.21. The Morgan fingerprint density at radius 1 is 1.00 bits per heavy atom. The molecule has 1 aliphatic carbocycles. The Bertz CT molecular complexity index is 993. The maximum absolute atomic E-state index is 13.1. The Hall–Kier alpha value is -3.01. The Morgan fingerprint density at radius 2 is 1.77 bits per heavy atom. The van der Waals surface area contributed by atoms with Gasteiger partial charge in [-0.1, -0.05) is 55.2 Å². The van der Waals surface area contributed by atoms with Crippen molar-refractivity contribution in [1.82, 2.24) is 15.3 Å². The molecule has 154 valence electrons. The van der Waals surface area contributed by atoms with Crippen molar-refractivity contribution in [3.8, 4) is 11.1 Å². The maximum atomic E-state index is 13.1. The molecule has 1 fully saturated rings. The Labute approximate surface area is 178 Å². The maximum Gasteiger partial charge on any atom is 0.251 e. The molecule has 1 heterocycles. The van der Waals surface area contributed by atoms with E-state index in [9.17, 15) is 4.79 Å². The number of carbonyl (C=O) groups is 1. The van der Waals surface area contributed by atoms with Crippen LogP contribution in [0.1, 0.15) is 78.2 Å². The van der Waals surface area contributed by atoms with E-state index in [2.05, 4.69) is 58.6 Å². The molecule has 1 aliphatic rings. The number of carbonyl (C=O) groups excluding carboxylic acids is 1. The highest BCUT2D eigenvalue weighted by Gasteiger charge is 2.20. The van der Waals surface area contributed by atoms with Gasteiger partial charge in [0.1, 0.15) is 0 Å². The van der Waals surface area contributed by atoms with Gasteiger partial charge in [-0.15, -0.1) is 0 Å². The average molecular weight is 400 g/mol. The summed E-state index contributed by atoms with van der Waals surface area (Å²) >= 11 is 0. The van der Waals surface area contributed by atoms with Crippen LogP contribution in [0.25, 0.3) is 11.1 Å². The molecule has 3 aromatic rings. The first kappa shape index (κ1) is 20.3. The van der Waals surface area contributed by atoms with E-state index in [1.807, 2.05) is 13.0 Å². The molecule has 1 aromatic heterocycles. The average Bonchev–Trinajstić information content (AvgIpc) is 2.80. The normalized spacial score (nSPS) is 15.5. The number of benzene rings is 2. The number of rotatable bonds is 5. The predicted molar refractivity (Wildman–Crippen MR) is 120 cm³/mol. The SMILES string of the molecule is Cc1ccc(-c2cc(C(=O)NC(C)c3cnccn3)cc(C3CCCCC3)c2)cc1. The zero-order valence-electron chi connectivity index (χ0n) is 17.8. The van der Waals surface area contributed by atoms with Crippen LogP contribution < -0.4 is 5.32 Å². The predicted octanol–water partition coefficient (Wildman–Crippen LogP) is 5.99. The summed E-state index contributed by atoms with van der Waals surface area (Å²) < 4.78 is 0. The molecule has 1 atom stereocenters. The molecular weight excluding hydrogens is 370 g/mol. The van der Waals surface area contributed by atoms with Gasteiger partial charge >= 0.3 is 0 Å². The van der Waals surface area contributed by atoms with E-state index >= 15 is 0 Å². The van der Waals surface area contributed by atoms with Crippen molar-refractivity contribution in [3.05, 3.63) is 83.4 Å². The van der Waals surface area contributed by atoms with Gasteiger partial charge < -0.3 is 5.32 Å². The standard InChI is InChI=1S/C26H29N3O/c1-18-8-10-21(11-9-18)23-14-22(20-6-4-3-5-7-20)15-24(16-23)26(30)29-19(2)25-17-27-12-13-28-25/h8-17,19-20H,3-7H2,1-2H3,(H,29,30). The van der Waals surface area contributed by atoms with Crippen molar-refractivity contribution < 1.29 is 4.79 Å². The largest absolute Gasteiger partial charge is 0.344 e. The van der Waals surface area contributed by atoms with Crippen molar-refractivity contribution in [2.24, 2.45) is 0 Å². The highest BCUT2D eigenvalue weighted by Crippen LogP contribution is 2.35. The highest BCUT2D eigenvalue weighted by molar-refractivity contribution is 5.96. The first-order valence-electron chi connectivity index (χ1n) is 10.9. The summed E-state index contributed by atoms with van der Waals surface area (Å²) in [6.45, 7) is 4.03. The molecule has 4 nitrogen and oxygen atoms in total. The minimum absolute atomic E-state index is 0.0702. The topological polar surface area (TPSA) is 54.9 Å². The number of amides is 1. The van der Waals surface area contributed by atoms with Crippen molar-refractivity contribution in [3.63, 3.8) is 0 Å². The smallest absolute Gasteiger partial charge is 0.251 e. The lowest BCUT2D eigenvalue weighted by molar-refractivity contribution is 0.0939. The van der Waals surface area contributed by atoms with E-state index in [1.54, 1.807) is 18.6 Å². The van der Waals surface area contributed by atoms with Crippen molar-refractivity contribution in [1.29, 1.82) is 0 Å². The molecule has 2 aromatic carbocycles. The van der Waals surface area contributed by atoms with Crippen molar-refractivity contribution in [2.45, 2.75) is 57.9 Å². The first-order chi connectivity index (χ1) is 14.6. The molecule has 1 unspecified atom stereocenters. The fourth-order valence-corrected chi connectivity index (χ4v) is 4.26. The first-order valence-corrected chi connectivity index (χ1v) is 10.9. The third-order valence-corrected chi connectivity index (χ3v) is 6.05. The molecule has 4 heteroatoms. The molecule has 4 rings (SSSR count). The van der Waals surface area contributed by atoms with E-state index in [0.717, 1.165) is 16.8 Å². The van der Waals surface area contributed by atoms with Crippen LogP contribution in [0.3, 0.4) is 0 Å². The van der Waals surface area contributed by atoms with Crippen LogP contribution in [0.15, 0.2) is 61.1 Å². The van der Waals surface area contributed by atoms with E-state index < -0.39 is 0 Å². The van der Waals surface area contributed by atoms with Gasteiger partial charge in [0.25, 0.3) is 5.91 Å². The van der Waals surface area contributed by atoms with E-state index in [-0.39, 0.29) is 11.9 Å². The number of hydrogen-bond donors (Lipinski definition) is 1. The van der Waals surface area contributed by atoms with Gasteiger partial charge in [-0.25, -0.2) is 0 Å². The molecule has 0 spiro atoms. The van der Waals surface area contributed by atoms with E-state index in [4.69, 9.17) is 0 Å². The van der Waals surface area contributed by atoms with Crippen LogP contribution in [-0.2, 0) is 0 Å². The van der Waals surface area contributed by atoms with Gasteiger partial charge in [-0.3, -0.25) is 14.8 Å². The highest BCUT2D eigenvalue weighted by atomic mass is 16.1. The monoisotopic (exact) mass is 399 g/mol. The number of nitrogens with one attached hydrogen (secondary N) is 1. The molecule has 0 aliphatic heterocycles. The van der Waals surface area contributed by atoms with Gasteiger partial charge in [0.2, 0.25) is 0 Å². The quantitative estimate of drug-likeness (QED) is 0.573. The molecule has 1 N–H and O–H groups in total. The summed E-state index contributed by atoms with van der Waals surface area (Å²) in [6, 6.07) is 14.7.